The third-order valence-electron chi connectivity index (χ3n) is 4.45. The first kappa shape index (κ1) is 13.1. The molecule has 3 rings (SSSR count). The number of benzene rings is 1. The van der Waals surface area contributed by atoms with Gasteiger partial charge in [-0.1, -0.05) is 12.1 Å². The summed E-state index contributed by atoms with van der Waals surface area (Å²) in [4.78, 5) is 26.4. The number of nitrogens with zero attached hydrogens (tertiary/aromatic N) is 2. The van der Waals surface area contributed by atoms with Crippen molar-refractivity contribution in [2.24, 2.45) is 5.73 Å². The lowest BCUT2D eigenvalue weighted by molar-refractivity contribution is -0.143. The van der Waals surface area contributed by atoms with Gasteiger partial charge < -0.3 is 10.6 Å². The monoisotopic (exact) mass is 273 g/mol. The molecule has 1 aromatic carbocycles. The van der Waals surface area contributed by atoms with Crippen molar-refractivity contribution in [2.45, 2.75) is 24.8 Å². The van der Waals surface area contributed by atoms with Gasteiger partial charge in [0, 0.05) is 18.3 Å². The van der Waals surface area contributed by atoms with Crippen molar-refractivity contribution in [3.63, 3.8) is 0 Å². The maximum absolute atomic E-state index is 11.7. The normalized spacial score (nSPS) is 21.9. The van der Waals surface area contributed by atoms with Gasteiger partial charge in [0.1, 0.15) is 0 Å². The van der Waals surface area contributed by atoms with Gasteiger partial charge in [0.05, 0.1) is 13.1 Å². The minimum atomic E-state index is -0.174. The maximum atomic E-state index is 11.7. The van der Waals surface area contributed by atoms with E-state index in [1.165, 1.54) is 18.4 Å². The van der Waals surface area contributed by atoms with Crippen LogP contribution in [-0.2, 0) is 15.1 Å². The van der Waals surface area contributed by atoms with Crippen LogP contribution >= 0.6 is 0 Å². The second kappa shape index (κ2) is 4.59. The molecule has 1 saturated carbocycles. The van der Waals surface area contributed by atoms with Gasteiger partial charge in [-0.2, -0.15) is 0 Å². The molecule has 2 N–H and O–H groups in total. The molecule has 5 heteroatoms. The molecule has 0 atom stereocenters. The fourth-order valence-corrected chi connectivity index (χ4v) is 2.77. The number of amides is 2. The highest BCUT2D eigenvalue weighted by atomic mass is 16.2. The molecular weight excluding hydrogens is 254 g/mol. The molecule has 2 amide bonds. The summed E-state index contributed by atoms with van der Waals surface area (Å²) in [6.07, 6.45) is 3.23. The zero-order valence-electron chi connectivity index (χ0n) is 11.6. The molecule has 1 aromatic rings. The molecule has 1 heterocycles. The quantitative estimate of drug-likeness (QED) is 0.811. The van der Waals surface area contributed by atoms with Crippen molar-refractivity contribution < 1.29 is 9.59 Å². The molecule has 0 unspecified atom stereocenters. The van der Waals surface area contributed by atoms with E-state index in [-0.39, 0.29) is 30.4 Å². The third kappa shape index (κ3) is 2.08. The average molecular weight is 273 g/mol. The van der Waals surface area contributed by atoms with Gasteiger partial charge in [-0.05, 0) is 37.0 Å². The SMILES string of the molecule is CN1C(=O)CN(c2ccc(C3(N)CCC3)cc2)CC1=O. The van der Waals surface area contributed by atoms with E-state index in [2.05, 4.69) is 0 Å². The van der Waals surface area contributed by atoms with Crippen LogP contribution in [-0.4, -0.2) is 36.9 Å². The lowest BCUT2D eigenvalue weighted by Gasteiger charge is -2.39. The Hall–Kier alpha value is -1.88. The Bertz CT molecular complexity index is 531. The fourth-order valence-electron chi connectivity index (χ4n) is 2.77. The smallest absolute Gasteiger partial charge is 0.248 e. The summed E-state index contributed by atoms with van der Waals surface area (Å²) in [5.74, 6) is -0.334. The number of piperazine rings is 1. The first-order valence-corrected chi connectivity index (χ1v) is 6.93. The predicted molar refractivity (Wildman–Crippen MR) is 76.1 cm³/mol. The molecule has 1 aliphatic carbocycles. The van der Waals surface area contributed by atoms with Crippen LogP contribution in [0.4, 0.5) is 5.69 Å². The molecule has 5 nitrogen and oxygen atoms in total. The largest absolute Gasteiger partial charge is 0.353 e. The van der Waals surface area contributed by atoms with Gasteiger partial charge in [-0.25, -0.2) is 0 Å². The molecular formula is C15H19N3O2. The van der Waals surface area contributed by atoms with E-state index in [0.717, 1.165) is 24.1 Å². The number of anilines is 1. The van der Waals surface area contributed by atoms with Gasteiger partial charge in [0.2, 0.25) is 11.8 Å². The Morgan fingerprint density at radius 3 is 2.05 bits per heavy atom. The van der Waals surface area contributed by atoms with Gasteiger partial charge in [-0.15, -0.1) is 0 Å². The molecule has 0 aromatic heterocycles. The van der Waals surface area contributed by atoms with E-state index >= 15 is 0 Å². The highest BCUT2D eigenvalue weighted by Crippen LogP contribution is 2.39. The van der Waals surface area contributed by atoms with Crippen LogP contribution in [0.5, 0.6) is 0 Å². The van der Waals surface area contributed by atoms with Crippen LogP contribution in [0.2, 0.25) is 0 Å². The van der Waals surface area contributed by atoms with E-state index in [9.17, 15) is 9.59 Å². The Morgan fingerprint density at radius 2 is 1.60 bits per heavy atom. The Balaban J connectivity index is 1.78. The maximum Gasteiger partial charge on any atom is 0.248 e. The highest BCUT2D eigenvalue weighted by Gasteiger charge is 2.34. The second-order valence-electron chi connectivity index (χ2n) is 5.76. The topological polar surface area (TPSA) is 66.6 Å². The van der Waals surface area contributed by atoms with E-state index in [1.807, 2.05) is 24.3 Å². The van der Waals surface area contributed by atoms with Crippen LogP contribution in [0.25, 0.3) is 0 Å². The first-order valence-electron chi connectivity index (χ1n) is 6.93. The summed E-state index contributed by atoms with van der Waals surface area (Å²) >= 11 is 0. The minimum absolute atomic E-state index is 0.167. The zero-order chi connectivity index (χ0) is 14.3. The Kier molecular flexibility index (Phi) is 3.01. The van der Waals surface area contributed by atoms with Crippen molar-refractivity contribution in [3.05, 3.63) is 29.8 Å². The number of nitrogens with two attached hydrogens (primary N) is 1. The van der Waals surface area contributed by atoms with Crippen LogP contribution in [0.15, 0.2) is 24.3 Å². The van der Waals surface area contributed by atoms with E-state index in [0.29, 0.717) is 0 Å². The van der Waals surface area contributed by atoms with Crippen molar-refractivity contribution >= 4 is 17.5 Å². The van der Waals surface area contributed by atoms with E-state index < -0.39 is 0 Å². The Labute approximate surface area is 118 Å². The lowest BCUT2D eigenvalue weighted by atomic mass is 9.73. The van der Waals surface area contributed by atoms with Gasteiger partial charge in [-0.3, -0.25) is 14.5 Å². The number of rotatable bonds is 2. The zero-order valence-corrected chi connectivity index (χ0v) is 11.6. The predicted octanol–water partition coefficient (Wildman–Crippen LogP) is 0.829. The third-order valence-corrected chi connectivity index (χ3v) is 4.45. The standard InChI is InChI=1S/C15H19N3O2/c1-17-13(19)9-18(10-14(17)20)12-5-3-11(4-6-12)15(16)7-2-8-15/h3-6H,2,7-10,16H2,1H3. The van der Waals surface area contributed by atoms with Crippen LogP contribution in [0, 0.1) is 0 Å². The van der Waals surface area contributed by atoms with Crippen LogP contribution in [0.1, 0.15) is 24.8 Å². The molecule has 0 radical (unpaired) electrons. The van der Waals surface area contributed by atoms with E-state index in [1.54, 1.807) is 4.90 Å². The summed E-state index contributed by atoms with van der Waals surface area (Å²) in [5.41, 5.74) is 8.15. The van der Waals surface area contributed by atoms with Crippen molar-refractivity contribution in [2.75, 3.05) is 25.0 Å². The van der Waals surface area contributed by atoms with E-state index in [4.69, 9.17) is 5.73 Å². The summed E-state index contributed by atoms with van der Waals surface area (Å²) in [5, 5.41) is 0. The average Bonchev–Trinajstić information content (AvgIpc) is 2.42. The number of carbonyl (C=O) groups is 2. The van der Waals surface area contributed by atoms with Crippen LogP contribution in [0.3, 0.4) is 0 Å². The number of likely N-dealkylation sites (N-methyl/N-ethyl adjacent to an activating group) is 1. The van der Waals surface area contributed by atoms with Crippen LogP contribution < -0.4 is 10.6 Å². The molecule has 20 heavy (non-hydrogen) atoms. The second-order valence-corrected chi connectivity index (χ2v) is 5.76. The molecule has 2 fully saturated rings. The summed E-state index contributed by atoms with van der Waals surface area (Å²) in [6, 6.07) is 7.94. The van der Waals surface area contributed by atoms with Crippen molar-refractivity contribution in [1.82, 2.24) is 4.90 Å². The Morgan fingerprint density at radius 1 is 1.05 bits per heavy atom. The van der Waals surface area contributed by atoms with Crippen molar-refractivity contribution in [3.8, 4) is 0 Å². The highest BCUT2D eigenvalue weighted by molar-refractivity contribution is 6.02. The number of imide groups is 1. The fraction of sp³-hybridized carbons (Fsp3) is 0.467. The van der Waals surface area contributed by atoms with Gasteiger partial charge >= 0.3 is 0 Å². The summed E-state index contributed by atoms with van der Waals surface area (Å²) in [6.45, 7) is 0.491. The molecule has 1 saturated heterocycles. The van der Waals surface area contributed by atoms with Gasteiger partial charge in [0.25, 0.3) is 0 Å². The molecule has 0 bridgehead atoms. The number of hydrogen-bond acceptors (Lipinski definition) is 4. The number of carbonyl (C=O) groups excluding carboxylic acids is 2. The first-order chi connectivity index (χ1) is 9.49. The van der Waals surface area contributed by atoms with Gasteiger partial charge in [0.15, 0.2) is 0 Å². The number of hydrogen-bond donors (Lipinski definition) is 1. The molecule has 2 aliphatic rings. The molecule has 0 spiro atoms. The minimum Gasteiger partial charge on any atom is -0.353 e. The molecule has 1 aliphatic heterocycles. The molecule has 106 valence electrons. The summed E-state index contributed by atoms with van der Waals surface area (Å²) in [7, 11) is 1.53. The van der Waals surface area contributed by atoms with Crippen molar-refractivity contribution in [1.29, 1.82) is 0 Å². The summed E-state index contributed by atoms with van der Waals surface area (Å²) < 4.78 is 0. The lowest BCUT2D eigenvalue weighted by Crippen LogP contribution is -2.52.